The highest BCUT2D eigenvalue weighted by molar-refractivity contribution is 6.05. The summed E-state index contributed by atoms with van der Waals surface area (Å²) in [4.78, 5) is 23.6. The van der Waals surface area contributed by atoms with Gasteiger partial charge in [-0.1, -0.05) is 36.4 Å². The molecule has 0 aliphatic carbocycles. The molecule has 110 valence electrons. The van der Waals surface area contributed by atoms with Crippen LogP contribution in [0.15, 0.2) is 51.7 Å². The predicted octanol–water partition coefficient (Wildman–Crippen LogP) is 3.78. The summed E-state index contributed by atoms with van der Waals surface area (Å²) in [6, 6.07) is 12.7. The van der Waals surface area contributed by atoms with Gasteiger partial charge in [0.05, 0.1) is 5.39 Å². The number of carboxylic acids is 1. The maximum Gasteiger partial charge on any atom is 0.372 e. The Kier molecular flexibility index (Phi) is 3.29. The van der Waals surface area contributed by atoms with Crippen LogP contribution in [0.2, 0.25) is 0 Å². The van der Waals surface area contributed by atoms with E-state index in [2.05, 4.69) is 0 Å². The molecule has 0 aliphatic heterocycles. The molecule has 2 aromatic carbocycles. The zero-order chi connectivity index (χ0) is 15.9. The fourth-order valence-corrected chi connectivity index (χ4v) is 2.55. The fourth-order valence-electron chi connectivity index (χ4n) is 2.55. The molecule has 1 N–H and O–H groups in total. The van der Waals surface area contributed by atoms with E-state index in [0.717, 1.165) is 11.1 Å². The first-order valence-corrected chi connectivity index (χ1v) is 6.86. The van der Waals surface area contributed by atoms with E-state index in [1.165, 1.54) is 0 Å². The zero-order valence-corrected chi connectivity index (χ0v) is 12.2. The highest BCUT2D eigenvalue weighted by Crippen LogP contribution is 2.32. The van der Waals surface area contributed by atoms with Crippen molar-refractivity contribution in [2.45, 2.75) is 13.8 Å². The lowest BCUT2D eigenvalue weighted by Gasteiger charge is -2.11. The van der Waals surface area contributed by atoms with Gasteiger partial charge in [-0.05, 0) is 36.6 Å². The van der Waals surface area contributed by atoms with E-state index in [1.54, 1.807) is 18.2 Å². The van der Waals surface area contributed by atoms with Crippen LogP contribution in [0.25, 0.3) is 21.9 Å². The summed E-state index contributed by atoms with van der Waals surface area (Å²) in [5.41, 5.74) is 2.46. The Bertz CT molecular complexity index is 937. The third-order valence-electron chi connectivity index (χ3n) is 3.80. The minimum Gasteiger partial charge on any atom is -0.475 e. The van der Waals surface area contributed by atoms with Crippen molar-refractivity contribution in [1.82, 2.24) is 0 Å². The first-order valence-electron chi connectivity index (χ1n) is 6.86. The van der Waals surface area contributed by atoms with Gasteiger partial charge in [-0.15, -0.1) is 0 Å². The zero-order valence-electron chi connectivity index (χ0n) is 12.2. The van der Waals surface area contributed by atoms with Crippen molar-refractivity contribution in [3.63, 3.8) is 0 Å². The van der Waals surface area contributed by atoms with Gasteiger partial charge in [0.15, 0.2) is 0 Å². The van der Waals surface area contributed by atoms with Crippen molar-refractivity contribution in [3.8, 4) is 11.1 Å². The van der Waals surface area contributed by atoms with Crippen molar-refractivity contribution in [1.29, 1.82) is 0 Å². The van der Waals surface area contributed by atoms with Crippen molar-refractivity contribution in [3.05, 3.63) is 69.8 Å². The molecule has 0 fully saturated rings. The van der Waals surface area contributed by atoms with Crippen LogP contribution in [-0.2, 0) is 0 Å². The molecular formula is C18H14O4. The van der Waals surface area contributed by atoms with Crippen LogP contribution in [0, 0.1) is 13.8 Å². The minimum absolute atomic E-state index is 0.327. The third-order valence-corrected chi connectivity index (χ3v) is 3.80. The van der Waals surface area contributed by atoms with Crippen LogP contribution in [0.5, 0.6) is 0 Å². The molecule has 0 atom stereocenters. The predicted molar refractivity (Wildman–Crippen MR) is 84.4 cm³/mol. The molecular weight excluding hydrogens is 280 g/mol. The molecule has 0 saturated carbocycles. The van der Waals surface area contributed by atoms with Crippen LogP contribution in [0.4, 0.5) is 0 Å². The van der Waals surface area contributed by atoms with E-state index >= 15 is 0 Å². The van der Waals surface area contributed by atoms with Crippen LogP contribution < -0.4 is 5.63 Å². The first kappa shape index (κ1) is 14.1. The summed E-state index contributed by atoms with van der Waals surface area (Å²) in [6.45, 7) is 3.83. The molecule has 4 heteroatoms. The van der Waals surface area contributed by atoms with Crippen molar-refractivity contribution in [2.24, 2.45) is 0 Å². The molecule has 0 unspecified atom stereocenters. The first-order chi connectivity index (χ1) is 10.5. The minimum atomic E-state index is -1.25. The molecule has 0 bridgehead atoms. The average molecular weight is 294 g/mol. The molecule has 0 spiro atoms. The van der Waals surface area contributed by atoms with Crippen molar-refractivity contribution < 1.29 is 14.3 Å². The van der Waals surface area contributed by atoms with E-state index in [1.807, 2.05) is 38.1 Å². The maximum absolute atomic E-state index is 12.1. The number of aromatic carboxylic acids is 1. The number of fused-ring (bicyclic) bond motifs is 1. The largest absolute Gasteiger partial charge is 0.475 e. The lowest BCUT2D eigenvalue weighted by Crippen LogP contribution is -2.10. The smallest absolute Gasteiger partial charge is 0.372 e. The summed E-state index contributed by atoms with van der Waals surface area (Å²) >= 11 is 0. The summed E-state index contributed by atoms with van der Waals surface area (Å²) in [6.07, 6.45) is 0. The Labute approximate surface area is 126 Å². The molecule has 1 heterocycles. The van der Waals surface area contributed by atoms with Gasteiger partial charge in [0.2, 0.25) is 5.76 Å². The Balaban J connectivity index is 2.54. The number of benzene rings is 2. The Morgan fingerprint density at radius 1 is 1.00 bits per heavy atom. The van der Waals surface area contributed by atoms with E-state index in [0.29, 0.717) is 21.9 Å². The van der Waals surface area contributed by atoms with Crippen molar-refractivity contribution >= 4 is 16.7 Å². The monoisotopic (exact) mass is 294 g/mol. The average Bonchev–Trinajstić information content (AvgIpc) is 2.50. The molecule has 3 rings (SSSR count). The second-order valence-corrected chi connectivity index (χ2v) is 5.25. The maximum atomic E-state index is 12.1. The second kappa shape index (κ2) is 5.15. The van der Waals surface area contributed by atoms with Crippen LogP contribution >= 0.6 is 0 Å². The molecule has 0 saturated heterocycles. The molecule has 1 aromatic heterocycles. The van der Waals surface area contributed by atoms with Crippen LogP contribution in [-0.4, -0.2) is 11.1 Å². The Morgan fingerprint density at radius 2 is 1.59 bits per heavy atom. The topological polar surface area (TPSA) is 67.5 Å². The molecule has 22 heavy (non-hydrogen) atoms. The van der Waals surface area contributed by atoms with E-state index in [4.69, 9.17) is 4.42 Å². The molecule has 0 aliphatic rings. The standard InChI is InChI=1S/C18H14O4/c1-10-8-13-14(9-11(10)2)18(21)22-16(17(19)20)15(13)12-6-4-3-5-7-12/h3-9H,1-2H3,(H,19,20). The summed E-state index contributed by atoms with van der Waals surface area (Å²) in [5, 5.41) is 10.4. The van der Waals surface area contributed by atoms with Gasteiger partial charge in [0, 0.05) is 10.9 Å². The van der Waals surface area contributed by atoms with Crippen LogP contribution in [0.1, 0.15) is 21.7 Å². The SMILES string of the molecule is Cc1cc2c(-c3ccccc3)c(C(=O)O)oc(=O)c2cc1C. The Hall–Kier alpha value is -2.88. The number of carbonyl (C=O) groups is 1. The fraction of sp³-hybridized carbons (Fsp3) is 0.111. The second-order valence-electron chi connectivity index (χ2n) is 5.25. The van der Waals surface area contributed by atoms with E-state index < -0.39 is 11.6 Å². The molecule has 0 radical (unpaired) electrons. The number of hydrogen-bond donors (Lipinski definition) is 1. The van der Waals surface area contributed by atoms with Gasteiger partial charge >= 0.3 is 11.6 Å². The lowest BCUT2D eigenvalue weighted by molar-refractivity contribution is 0.0659. The summed E-state index contributed by atoms with van der Waals surface area (Å²) in [7, 11) is 0. The highest BCUT2D eigenvalue weighted by Gasteiger charge is 2.21. The quantitative estimate of drug-likeness (QED) is 0.781. The number of aryl methyl sites for hydroxylation is 2. The van der Waals surface area contributed by atoms with Crippen molar-refractivity contribution in [2.75, 3.05) is 0 Å². The van der Waals surface area contributed by atoms with Gasteiger partial charge in [0.1, 0.15) is 0 Å². The summed E-state index contributed by atoms with van der Waals surface area (Å²) < 4.78 is 5.08. The van der Waals surface area contributed by atoms with Gasteiger partial charge in [-0.2, -0.15) is 0 Å². The number of rotatable bonds is 2. The lowest BCUT2D eigenvalue weighted by atomic mass is 9.95. The molecule has 4 nitrogen and oxygen atoms in total. The van der Waals surface area contributed by atoms with Gasteiger partial charge in [-0.3, -0.25) is 0 Å². The van der Waals surface area contributed by atoms with Gasteiger partial charge in [-0.25, -0.2) is 9.59 Å². The van der Waals surface area contributed by atoms with E-state index in [-0.39, 0.29) is 5.76 Å². The third kappa shape index (κ3) is 2.19. The van der Waals surface area contributed by atoms with Gasteiger partial charge in [0.25, 0.3) is 0 Å². The van der Waals surface area contributed by atoms with Crippen LogP contribution in [0.3, 0.4) is 0 Å². The number of hydrogen-bond acceptors (Lipinski definition) is 3. The Morgan fingerprint density at radius 3 is 2.18 bits per heavy atom. The molecule has 3 aromatic rings. The van der Waals surface area contributed by atoms with E-state index in [9.17, 15) is 14.7 Å². The van der Waals surface area contributed by atoms with Gasteiger partial charge < -0.3 is 9.52 Å². The molecule has 0 amide bonds. The highest BCUT2D eigenvalue weighted by atomic mass is 16.4. The normalized spacial score (nSPS) is 10.8. The summed E-state index contributed by atoms with van der Waals surface area (Å²) in [5.74, 6) is -1.58. The number of carboxylic acid groups (broad SMARTS) is 1.